The third-order valence-electron chi connectivity index (χ3n) is 3.58. The number of nitro groups is 1. The van der Waals surface area contributed by atoms with Gasteiger partial charge in [0.1, 0.15) is 17.7 Å². The highest BCUT2D eigenvalue weighted by Crippen LogP contribution is 2.41. The summed E-state index contributed by atoms with van der Waals surface area (Å²) in [6.07, 6.45) is 3.35. The van der Waals surface area contributed by atoms with Crippen molar-refractivity contribution in [2.75, 3.05) is 0 Å². The number of nitriles is 2. The van der Waals surface area contributed by atoms with Crippen LogP contribution in [0.4, 0.5) is 5.69 Å². The van der Waals surface area contributed by atoms with E-state index in [1.54, 1.807) is 50.3 Å². The van der Waals surface area contributed by atoms with Gasteiger partial charge in [0.2, 0.25) is 5.70 Å². The molecule has 1 heterocycles. The van der Waals surface area contributed by atoms with E-state index in [-0.39, 0.29) is 22.7 Å². The molecule has 7 nitrogen and oxygen atoms in total. The van der Waals surface area contributed by atoms with E-state index in [4.69, 9.17) is 21.8 Å². The fourth-order valence-electron chi connectivity index (χ4n) is 2.34. The molecule has 0 radical (unpaired) electrons. The molecule has 0 aromatic heterocycles. The third kappa shape index (κ3) is 3.39. The van der Waals surface area contributed by atoms with Crippen LogP contribution in [0.5, 0.6) is 0 Å². The Morgan fingerprint density at radius 3 is 2.36 bits per heavy atom. The first kappa shape index (κ1) is 17.5. The fourth-order valence-corrected chi connectivity index (χ4v) is 2.34. The summed E-state index contributed by atoms with van der Waals surface area (Å²) >= 11 is 0. The predicted octanol–water partition coefficient (Wildman–Crippen LogP) is 3.89. The summed E-state index contributed by atoms with van der Waals surface area (Å²) in [4.78, 5) is 13.6. The number of hydrogen-bond donors (Lipinski definition) is 0. The Balaban J connectivity index is 2.48. The molecule has 0 atom stereocenters. The van der Waals surface area contributed by atoms with Crippen LogP contribution in [0.2, 0.25) is 0 Å². The number of allylic oxidation sites excluding steroid dienone is 1. The van der Waals surface area contributed by atoms with E-state index in [0.717, 1.165) is 0 Å². The SMILES string of the molecule is [C-]#[N+]C1=C(/C=C/c2ccc([N+](=O)[O-])cc2)C(C)(C)OC1=C(C#N)C#N. The second-order valence-electron chi connectivity index (χ2n) is 5.60. The number of non-ortho nitro benzene ring substituents is 1. The van der Waals surface area contributed by atoms with Gasteiger partial charge in [0.05, 0.1) is 11.5 Å². The molecule has 0 spiro atoms. The number of benzene rings is 1. The third-order valence-corrected chi connectivity index (χ3v) is 3.58. The molecule has 0 N–H and O–H groups in total. The largest absolute Gasteiger partial charge is 0.493 e. The van der Waals surface area contributed by atoms with Crippen LogP contribution >= 0.6 is 0 Å². The van der Waals surface area contributed by atoms with E-state index in [1.165, 1.54) is 12.1 Å². The zero-order chi connectivity index (χ0) is 18.6. The second kappa shape index (κ2) is 6.70. The van der Waals surface area contributed by atoms with Crippen LogP contribution in [-0.4, -0.2) is 10.5 Å². The number of ether oxygens (including phenoxy) is 1. The molecule has 0 saturated carbocycles. The van der Waals surface area contributed by atoms with Crippen LogP contribution in [0.15, 0.2) is 52.9 Å². The quantitative estimate of drug-likeness (QED) is 0.361. The van der Waals surface area contributed by atoms with Crippen molar-refractivity contribution in [2.45, 2.75) is 19.4 Å². The molecule has 1 aromatic carbocycles. The average Bonchev–Trinajstić information content (AvgIpc) is 2.84. The van der Waals surface area contributed by atoms with Crippen LogP contribution < -0.4 is 0 Å². The average molecular weight is 332 g/mol. The molecule has 1 aromatic rings. The van der Waals surface area contributed by atoms with Crippen LogP contribution in [0.25, 0.3) is 10.9 Å². The molecule has 0 fully saturated rings. The Labute approximate surface area is 144 Å². The molecular weight excluding hydrogens is 320 g/mol. The molecule has 0 unspecified atom stereocenters. The van der Waals surface area contributed by atoms with Crippen molar-refractivity contribution in [2.24, 2.45) is 0 Å². The van der Waals surface area contributed by atoms with Crippen molar-refractivity contribution in [1.82, 2.24) is 0 Å². The molecule has 7 heteroatoms. The Bertz CT molecular complexity index is 930. The lowest BCUT2D eigenvalue weighted by atomic mass is 9.96. The minimum Gasteiger partial charge on any atom is -0.493 e. The number of nitro benzene ring substituents is 1. The summed E-state index contributed by atoms with van der Waals surface area (Å²) in [7, 11) is 0. The van der Waals surface area contributed by atoms with E-state index >= 15 is 0 Å². The molecule has 2 rings (SSSR count). The first-order valence-electron chi connectivity index (χ1n) is 7.12. The molecule has 0 aliphatic carbocycles. The van der Waals surface area contributed by atoms with E-state index in [9.17, 15) is 10.1 Å². The van der Waals surface area contributed by atoms with Gasteiger partial charge in [-0.3, -0.25) is 10.1 Å². The van der Waals surface area contributed by atoms with Crippen molar-refractivity contribution in [3.05, 3.63) is 80.0 Å². The second-order valence-corrected chi connectivity index (χ2v) is 5.60. The first-order valence-corrected chi connectivity index (χ1v) is 7.12. The van der Waals surface area contributed by atoms with Gasteiger partial charge in [0, 0.05) is 17.7 Å². The number of nitrogens with zero attached hydrogens (tertiary/aromatic N) is 4. The van der Waals surface area contributed by atoms with Crippen LogP contribution in [0, 0.1) is 39.3 Å². The van der Waals surface area contributed by atoms with Crippen LogP contribution in [-0.2, 0) is 4.74 Å². The maximum Gasteiger partial charge on any atom is 0.269 e. The van der Waals surface area contributed by atoms with E-state index in [2.05, 4.69) is 4.85 Å². The van der Waals surface area contributed by atoms with Gasteiger partial charge < -0.3 is 4.74 Å². The summed E-state index contributed by atoms with van der Waals surface area (Å²) < 4.78 is 5.65. The molecule has 122 valence electrons. The van der Waals surface area contributed by atoms with E-state index in [0.29, 0.717) is 11.1 Å². The highest BCUT2D eigenvalue weighted by molar-refractivity contribution is 5.62. The molecule has 1 aliphatic heterocycles. The van der Waals surface area contributed by atoms with Gasteiger partial charge in [-0.15, -0.1) is 0 Å². The lowest BCUT2D eigenvalue weighted by molar-refractivity contribution is -0.384. The van der Waals surface area contributed by atoms with Gasteiger partial charge in [-0.05, 0) is 31.5 Å². The Hall–Kier alpha value is -3.89. The van der Waals surface area contributed by atoms with Crippen LogP contribution in [0.3, 0.4) is 0 Å². The van der Waals surface area contributed by atoms with Crippen molar-refractivity contribution in [1.29, 1.82) is 10.5 Å². The van der Waals surface area contributed by atoms with Gasteiger partial charge in [-0.2, -0.15) is 10.5 Å². The van der Waals surface area contributed by atoms with E-state index in [1.807, 2.05) is 0 Å². The van der Waals surface area contributed by atoms with Gasteiger partial charge in [0.25, 0.3) is 5.69 Å². The Morgan fingerprint density at radius 1 is 1.28 bits per heavy atom. The van der Waals surface area contributed by atoms with Crippen molar-refractivity contribution in [3.8, 4) is 12.1 Å². The fraction of sp³-hybridized carbons (Fsp3) is 0.167. The molecular formula is C18H12N4O3. The minimum absolute atomic E-state index is 0.0133. The number of rotatable bonds is 3. The normalized spacial score (nSPS) is 15.2. The molecule has 0 bridgehead atoms. The first-order chi connectivity index (χ1) is 11.8. The monoisotopic (exact) mass is 332 g/mol. The van der Waals surface area contributed by atoms with Gasteiger partial charge in [-0.1, -0.05) is 12.2 Å². The van der Waals surface area contributed by atoms with Crippen molar-refractivity contribution < 1.29 is 9.66 Å². The van der Waals surface area contributed by atoms with Gasteiger partial charge in [-0.25, -0.2) is 4.85 Å². The topological polar surface area (TPSA) is 104 Å². The predicted molar refractivity (Wildman–Crippen MR) is 89.2 cm³/mol. The smallest absolute Gasteiger partial charge is 0.269 e. The number of hydrogen-bond acceptors (Lipinski definition) is 5. The summed E-state index contributed by atoms with van der Waals surface area (Å²) in [5.74, 6) is -0.0200. The highest BCUT2D eigenvalue weighted by atomic mass is 16.6. The van der Waals surface area contributed by atoms with E-state index < -0.39 is 10.5 Å². The zero-order valence-electron chi connectivity index (χ0n) is 13.5. The highest BCUT2D eigenvalue weighted by Gasteiger charge is 2.38. The Kier molecular flexibility index (Phi) is 4.68. The van der Waals surface area contributed by atoms with Crippen molar-refractivity contribution in [3.63, 3.8) is 0 Å². The summed E-state index contributed by atoms with van der Waals surface area (Å²) in [5.41, 5.74) is 0.195. The van der Waals surface area contributed by atoms with Gasteiger partial charge >= 0.3 is 0 Å². The molecule has 0 amide bonds. The minimum atomic E-state index is -0.883. The molecule has 1 aliphatic rings. The van der Waals surface area contributed by atoms with Gasteiger partial charge in [0.15, 0.2) is 11.3 Å². The lowest BCUT2D eigenvalue weighted by Crippen LogP contribution is -2.20. The van der Waals surface area contributed by atoms with Crippen LogP contribution in [0.1, 0.15) is 19.4 Å². The summed E-state index contributed by atoms with van der Waals surface area (Å²) in [6.45, 7) is 10.8. The summed E-state index contributed by atoms with van der Waals surface area (Å²) in [6, 6.07) is 9.41. The van der Waals surface area contributed by atoms with Crippen molar-refractivity contribution >= 4 is 11.8 Å². The maximum atomic E-state index is 10.7. The Morgan fingerprint density at radius 2 is 1.88 bits per heavy atom. The molecule has 0 saturated heterocycles. The zero-order valence-corrected chi connectivity index (χ0v) is 13.5. The standard InChI is InChI=1S/C18H12N4O3/c1-18(2)15(16(21-3)17(25-18)13(10-19)11-20)9-6-12-4-7-14(8-5-12)22(23)24/h4-9H,1-2H3/b9-6+. The molecule has 25 heavy (non-hydrogen) atoms. The lowest BCUT2D eigenvalue weighted by Gasteiger charge is -2.21. The summed E-state index contributed by atoms with van der Waals surface area (Å²) in [5, 5.41) is 28.7. The maximum absolute atomic E-state index is 10.7.